The zero-order chi connectivity index (χ0) is 37.2. The molecule has 1 atom stereocenters. The van der Waals surface area contributed by atoms with E-state index in [9.17, 15) is 9.59 Å². The highest BCUT2D eigenvalue weighted by Crippen LogP contribution is 2.42. The number of carbonyl (C=O) groups is 2. The molecule has 4 aromatic rings. The number of aromatic nitrogens is 2. The van der Waals surface area contributed by atoms with E-state index in [4.69, 9.17) is 51.1 Å². The number of benzene rings is 3. The minimum Gasteiger partial charge on any atom is -0.480 e. The Hall–Kier alpha value is -3.76. The number of ether oxygens (including phenoxy) is 1. The number of aromatic amines is 1. The minimum atomic E-state index is -0.745. The number of halogens is 4. The van der Waals surface area contributed by atoms with Gasteiger partial charge in [-0.1, -0.05) is 107 Å². The van der Waals surface area contributed by atoms with Crippen LogP contribution in [0.15, 0.2) is 59.8 Å². The SMILES string of the molecule is CCC(Oc1ccc(C(C)(C)CC)cc1C(C)(C)CC)C(=O)Nc1ccc(Cl)c(NC2=NN(c3c[nH]nc3-c3c(Cl)cc(Cl)cc3Cl)C(=O)C2)c1. The lowest BCUT2D eigenvalue weighted by atomic mass is 9.76. The fraction of sp³-hybridized carbons (Fsp3) is 0.368. The minimum absolute atomic E-state index is 0.0107. The van der Waals surface area contributed by atoms with Crippen molar-refractivity contribution in [2.75, 3.05) is 15.6 Å². The first kappa shape index (κ1) is 38.5. The number of nitrogens with one attached hydrogen (secondary N) is 3. The maximum absolute atomic E-state index is 13.6. The quantitative estimate of drug-likeness (QED) is 0.133. The van der Waals surface area contributed by atoms with Gasteiger partial charge in [0.1, 0.15) is 23.0 Å². The van der Waals surface area contributed by atoms with Gasteiger partial charge in [-0.2, -0.15) is 15.2 Å². The summed E-state index contributed by atoms with van der Waals surface area (Å²) in [6, 6.07) is 14.5. The molecule has 0 fully saturated rings. The van der Waals surface area contributed by atoms with Gasteiger partial charge in [0.25, 0.3) is 11.8 Å². The van der Waals surface area contributed by atoms with E-state index in [1.165, 1.54) is 16.8 Å². The first-order chi connectivity index (χ1) is 24.1. The van der Waals surface area contributed by atoms with Crippen molar-refractivity contribution in [2.45, 2.75) is 91.1 Å². The summed E-state index contributed by atoms with van der Waals surface area (Å²) in [5.74, 6) is 0.423. The highest BCUT2D eigenvalue weighted by Gasteiger charge is 2.32. The van der Waals surface area contributed by atoms with Crippen molar-refractivity contribution in [3.05, 3.63) is 85.9 Å². The molecule has 0 saturated carbocycles. The molecule has 0 saturated heterocycles. The van der Waals surface area contributed by atoms with Gasteiger partial charge in [0.2, 0.25) is 0 Å². The molecule has 5 rings (SSSR count). The lowest BCUT2D eigenvalue weighted by Gasteiger charge is -2.31. The monoisotopic (exact) mass is 770 g/mol. The van der Waals surface area contributed by atoms with Crippen molar-refractivity contribution >= 4 is 81.1 Å². The Labute approximate surface area is 319 Å². The molecule has 3 N–H and O–H groups in total. The molecule has 1 aromatic heterocycles. The first-order valence-corrected chi connectivity index (χ1v) is 18.4. The van der Waals surface area contributed by atoms with Gasteiger partial charge in [0.15, 0.2) is 6.10 Å². The molecule has 2 heterocycles. The van der Waals surface area contributed by atoms with Crippen molar-refractivity contribution < 1.29 is 14.3 Å². The zero-order valence-corrected chi connectivity index (χ0v) is 32.7. The Morgan fingerprint density at radius 3 is 2.27 bits per heavy atom. The number of nitrogens with zero attached hydrogens (tertiary/aromatic N) is 3. The van der Waals surface area contributed by atoms with Crippen LogP contribution in [-0.4, -0.2) is 34.0 Å². The van der Waals surface area contributed by atoms with Gasteiger partial charge < -0.3 is 15.4 Å². The number of anilines is 3. The summed E-state index contributed by atoms with van der Waals surface area (Å²) in [4.78, 5) is 26.8. The van der Waals surface area contributed by atoms with Gasteiger partial charge in [-0.3, -0.25) is 14.7 Å². The summed E-state index contributed by atoms with van der Waals surface area (Å²) in [5, 5.41) is 20.2. The molecular formula is C38H42Cl4N6O3. The molecule has 1 unspecified atom stereocenters. The lowest BCUT2D eigenvalue weighted by Crippen LogP contribution is -2.33. The van der Waals surface area contributed by atoms with Gasteiger partial charge in [-0.15, -0.1) is 0 Å². The number of hydrazone groups is 1. The van der Waals surface area contributed by atoms with Crippen LogP contribution in [0.1, 0.15) is 85.3 Å². The second-order valence-electron chi connectivity index (χ2n) is 13.8. The van der Waals surface area contributed by atoms with E-state index in [0.29, 0.717) is 56.4 Å². The molecule has 13 heteroatoms. The van der Waals surface area contributed by atoms with E-state index in [1.54, 1.807) is 30.3 Å². The summed E-state index contributed by atoms with van der Waals surface area (Å²) in [7, 11) is 0. The van der Waals surface area contributed by atoms with Crippen LogP contribution in [0.2, 0.25) is 20.1 Å². The molecule has 270 valence electrons. The number of amidine groups is 1. The second-order valence-corrected chi connectivity index (χ2v) is 15.5. The smallest absolute Gasteiger partial charge is 0.265 e. The third kappa shape index (κ3) is 8.33. The summed E-state index contributed by atoms with van der Waals surface area (Å²) in [6.45, 7) is 15.1. The Bertz CT molecular complexity index is 1970. The Morgan fingerprint density at radius 1 is 0.941 bits per heavy atom. The van der Waals surface area contributed by atoms with Crippen LogP contribution >= 0.6 is 46.4 Å². The van der Waals surface area contributed by atoms with Crippen molar-refractivity contribution in [3.63, 3.8) is 0 Å². The standard InChI is InChI=1S/C38H42Cl4N6O3/c1-8-30(51-31-14-11-21(37(4,5)9-2)15-24(31)38(6,7)10-3)36(50)44-23-12-13-25(40)28(18-23)45-32-19-33(49)48(47-32)29-20-43-46-35(29)34-26(41)16-22(39)17-27(34)42/h11-18,20,30H,8-10,19H2,1-7H3,(H,43,46)(H,44,50)(H,45,47). The van der Waals surface area contributed by atoms with Gasteiger partial charge >= 0.3 is 0 Å². The molecule has 0 aliphatic carbocycles. The predicted molar refractivity (Wildman–Crippen MR) is 210 cm³/mol. The molecule has 9 nitrogen and oxygen atoms in total. The largest absolute Gasteiger partial charge is 0.480 e. The number of carbonyl (C=O) groups excluding carboxylic acids is 2. The molecule has 51 heavy (non-hydrogen) atoms. The summed E-state index contributed by atoms with van der Waals surface area (Å²) in [5.41, 5.74) is 4.22. The Kier molecular flexibility index (Phi) is 11.7. The summed E-state index contributed by atoms with van der Waals surface area (Å²) in [6.07, 6.45) is 3.10. The van der Waals surface area contributed by atoms with E-state index in [0.717, 1.165) is 18.4 Å². The van der Waals surface area contributed by atoms with E-state index in [1.807, 2.05) is 13.0 Å². The molecule has 2 amide bonds. The molecular weight excluding hydrogens is 730 g/mol. The normalized spacial score (nSPS) is 14.1. The fourth-order valence-electron chi connectivity index (χ4n) is 5.61. The highest BCUT2D eigenvalue weighted by atomic mass is 35.5. The van der Waals surface area contributed by atoms with Gasteiger partial charge in [0, 0.05) is 28.0 Å². The van der Waals surface area contributed by atoms with Crippen LogP contribution in [0.25, 0.3) is 11.3 Å². The maximum atomic E-state index is 13.6. The highest BCUT2D eigenvalue weighted by molar-refractivity contribution is 6.42. The number of hydrogen-bond donors (Lipinski definition) is 3. The third-order valence-electron chi connectivity index (χ3n) is 9.57. The van der Waals surface area contributed by atoms with E-state index in [-0.39, 0.29) is 39.1 Å². The average molecular weight is 773 g/mol. The van der Waals surface area contributed by atoms with E-state index >= 15 is 0 Å². The molecule has 0 radical (unpaired) electrons. The Morgan fingerprint density at radius 2 is 1.63 bits per heavy atom. The topological polar surface area (TPSA) is 112 Å². The summed E-state index contributed by atoms with van der Waals surface area (Å²) >= 11 is 25.5. The Balaban J connectivity index is 1.34. The van der Waals surface area contributed by atoms with Crippen LogP contribution in [0.4, 0.5) is 17.1 Å². The number of hydrogen-bond acceptors (Lipinski definition) is 6. The van der Waals surface area contributed by atoms with E-state index < -0.39 is 6.10 Å². The van der Waals surface area contributed by atoms with Crippen molar-refractivity contribution in [1.82, 2.24) is 10.2 Å². The molecule has 0 bridgehead atoms. The van der Waals surface area contributed by atoms with Crippen molar-refractivity contribution in [1.29, 1.82) is 0 Å². The van der Waals surface area contributed by atoms with Crippen LogP contribution in [0.5, 0.6) is 5.75 Å². The molecule has 0 spiro atoms. The first-order valence-electron chi connectivity index (χ1n) is 16.9. The third-order valence-corrected chi connectivity index (χ3v) is 10.7. The zero-order valence-electron chi connectivity index (χ0n) is 29.7. The molecule has 1 aliphatic rings. The van der Waals surface area contributed by atoms with Crippen molar-refractivity contribution in [2.24, 2.45) is 5.10 Å². The maximum Gasteiger partial charge on any atom is 0.265 e. The second kappa shape index (κ2) is 15.5. The van der Waals surface area contributed by atoms with E-state index in [2.05, 4.69) is 79.6 Å². The van der Waals surface area contributed by atoms with Crippen LogP contribution in [-0.2, 0) is 20.4 Å². The van der Waals surface area contributed by atoms with Crippen LogP contribution in [0, 0.1) is 0 Å². The number of H-pyrrole nitrogens is 1. The van der Waals surface area contributed by atoms with Crippen LogP contribution < -0.4 is 20.4 Å². The fourth-order valence-corrected chi connectivity index (χ4v) is 6.78. The van der Waals surface area contributed by atoms with Gasteiger partial charge in [-0.25, -0.2) is 0 Å². The lowest BCUT2D eigenvalue weighted by molar-refractivity contribution is -0.123. The molecule has 1 aliphatic heterocycles. The van der Waals surface area contributed by atoms with Crippen LogP contribution in [0.3, 0.4) is 0 Å². The number of amides is 2. The van der Waals surface area contributed by atoms with Crippen molar-refractivity contribution in [3.8, 4) is 17.0 Å². The van der Waals surface area contributed by atoms with Gasteiger partial charge in [-0.05, 0) is 72.1 Å². The number of rotatable bonds is 12. The molecule has 3 aromatic carbocycles. The predicted octanol–water partition coefficient (Wildman–Crippen LogP) is 11.0. The average Bonchev–Trinajstić information content (AvgIpc) is 3.70. The van der Waals surface area contributed by atoms with Gasteiger partial charge in [0.05, 0.1) is 27.2 Å². The summed E-state index contributed by atoms with van der Waals surface area (Å²) < 4.78 is 6.45.